The van der Waals surface area contributed by atoms with Gasteiger partial charge in [0, 0.05) is 13.0 Å². The van der Waals surface area contributed by atoms with E-state index in [0.717, 1.165) is 25.1 Å². The normalized spacial score (nSPS) is 24.6. The van der Waals surface area contributed by atoms with E-state index < -0.39 is 15.6 Å². The number of likely N-dealkylation sites (tertiary alicyclic amines) is 1. The minimum Gasteiger partial charge on any atom is -0.365 e. The SMILES string of the molecule is CCCS(=O)(=O)NCc1nnn2c1COC1(CCN(C(=O)CCC3CCCCC3)C1)C2. The monoisotopic (exact) mass is 453 g/mol. The molecule has 1 N–H and O–H groups in total. The number of fused-ring (bicyclic) bond motifs is 1. The summed E-state index contributed by atoms with van der Waals surface area (Å²) in [6, 6.07) is 0. The first-order chi connectivity index (χ1) is 14.9. The van der Waals surface area contributed by atoms with E-state index in [2.05, 4.69) is 15.0 Å². The smallest absolute Gasteiger partial charge is 0.222 e. The Morgan fingerprint density at radius 1 is 1.26 bits per heavy atom. The molecule has 1 aromatic rings. The first-order valence-electron chi connectivity index (χ1n) is 11.7. The van der Waals surface area contributed by atoms with Crippen LogP contribution in [-0.4, -0.2) is 58.7 Å². The van der Waals surface area contributed by atoms with E-state index in [1.54, 1.807) is 0 Å². The van der Waals surface area contributed by atoms with Gasteiger partial charge in [-0.2, -0.15) is 0 Å². The zero-order valence-corrected chi connectivity index (χ0v) is 19.3. The fourth-order valence-electron chi connectivity index (χ4n) is 5.12. The van der Waals surface area contributed by atoms with Crippen LogP contribution in [0.25, 0.3) is 0 Å². The van der Waals surface area contributed by atoms with Crippen LogP contribution >= 0.6 is 0 Å². The Balaban J connectivity index is 1.30. The van der Waals surface area contributed by atoms with E-state index in [1.165, 1.54) is 32.1 Å². The van der Waals surface area contributed by atoms with Crippen molar-refractivity contribution in [2.75, 3.05) is 18.8 Å². The minimum atomic E-state index is -3.30. The molecule has 4 rings (SSSR count). The van der Waals surface area contributed by atoms with E-state index in [4.69, 9.17) is 4.74 Å². The number of aromatic nitrogens is 3. The van der Waals surface area contributed by atoms with Gasteiger partial charge in [0.2, 0.25) is 15.9 Å². The minimum absolute atomic E-state index is 0.0979. The molecule has 10 heteroatoms. The van der Waals surface area contributed by atoms with Gasteiger partial charge in [0.15, 0.2) is 0 Å². The molecule has 0 bridgehead atoms. The van der Waals surface area contributed by atoms with Gasteiger partial charge in [0.1, 0.15) is 11.3 Å². The largest absolute Gasteiger partial charge is 0.365 e. The van der Waals surface area contributed by atoms with Crippen molar-refractivity contribution in [2.45, 2.75) is 90.0 Å². The second-order valence-electron chi connectivity index (χ2n) is 9.36. The Labute approximate surface area is 184 Å². The van der Waals surface area contributed by atoms with Crippen molar-refractivity contribution >= 4 is 15.9 Å². The van der Waals surface area contributed by atoms with Crippen LogP contribution in [0.3, 0.4) is 0 Å². The molecule has 1 saturated carbocycles. The van der Waals surface area contributed by atoms with Crippen molar-refractivity contribution < 1.29 is 17.9 Å². The average molecular weight is 454 g/mol. The van der Waals surface area contributed by atoms with Crippen molar-refractivity contribution in [2.24, 2.45) is 5.92 Å². The summed E-state index contributed by atoms with van der Waals surface area (Å²) in [5.41, 5.74) is 1.00. The number of ether oxygens (including phenoxy) is 1. The van der Waals surface area contributed by atoms with Gasteiger partial charge in [-0.25, -0.2) is 17.8 Å². The third kappa shape index (κ3) is 5.46. The molecule has 3 aliphatic rings. The summed E-state index contributed by atoms with van der Waals surface area (Å²) in [6.45, 7) is 4.15. The van der Waals surface area contributed by atoms with Crippen LogP contribution in [0.4, 0.5) is 0 Å². The molecular weight excluding hydrogens is 418 g/mol. The number of carbonyl (C=O) groups is 1. The van der Waals surface area contributed by atoms with Crippen molar-refractivity contribution in [3.8, 4) is 0 Å². The van der Waals surface area contributed by atoms with Gasteiger partial charge in [0.05, 0.1) is 37.7 Å². The van der Waals surface area contributed by atoms with Gasteiger partial charge in [0.25, 0.3) is 0 Å². The maximum atomic E-state index is 12.8. The highest BCUT2D eigenvalue weighted by Gasteiger charge is 2.44. The highest BCUT2D eigenvalue weighted by Crippen LogP contribution is 2.34. The molecule has 1 aromatic heterocycles. The Kier molecular flexibility index (Phi) is 6.98. The third-order valence-corrected chi connectivity index (χ3v) is 8.49. The Hall–Kier alpha value is -1.52. The average Bonchev–Trinajstić information content (AvgIpc) is 3.35. The zero-order chi connectivity index (χ0) is 21.9. The third-order valence-electron chi connectivity index (χ3n) is 6.96. The Morgan fingerprint density at radius 3 is 2.84 bits per heavy atom. The van der Waals surface area contributed by atoms with Crippen molar-refractivity contribution in [3.63, 3.8) is 0 Å². The summed E-state index contributed by atoms with van der Waals surface area (Å²) in [7, 11) is -3.30. The quantitative estimate of drug-likeness (QED) is 0.645. The number of nitrogens with one attached hydrogen (secondary N) is 1. The van der Waals surface area contributed by atoms with Crippen LogP contribution in [0.2, 0.25) is 0 Å². The maximum Gasteiger partial charge on any atom is 0.222 e. The van der Waals surface area contributed by atoms with Crippen LogP contribution in [0.1, 0.15) is 76.1 Å². The van der Waals surface area contributed by atoms with Crippen LogP contribution < -0.4 is 4.72 Å². The molecular formula is C21H35N5O4S. The van der Waals surface area contributed by atoms with E-state index in [-0.39, 0.29) is 18.2 Å². The van der Waals surface area contributed by atoms with Gasteiger partial charge in [-0.15, -0.1) is 5.10 Å². The number of carbonyl (C=O) groups excluding carboxylic acids is 1. The van der Waals surface area contributed by atoms with Crippen molar-refractivity contribution in [1.82, 2.24) is 24.6 Å². The predicted molar refractivity (Wildman–Crippen MR) is 115 cm³/mol. The standard InChI is InChI=1S/C21H35N5O4S/c1-2-12-31(28,29)22-13-18-19-14-30-21(16-26(19)24-23-18)10-11-25(15-21)20(27)9-8-17-6-4-3-5-7-17/h17,22H,2-16H2,1H3. The molecule has 2 aliphatic heterocycles. The second-order valence-corrected chi connectivity index (χ2v) is 11.3. The zero-order valence-electron chi connectivity index (χ0n) is 18.5. The first-order valence-corrected chi connectivity index (χ1v) is 13.4. The molecule has 1 unspecified atom stereocenters. The number of hydrogen-bond acceptors (Lipinski definition) is 6. The first kappa shape index (κ1) is 22.7. The van der Waals surface area contributed by atoms with Crippen molar-refractivity contribution in [1.29, 1.82) is 0 Å². The molecule has 1 spiro atoms. The summed E-state index contributed by atoms with van der Waals surface area (Å²) >= 11 is 0. The van der Waals surface area contributed by atoms with Gasteiger partial charge in [-0.3, -0.25) is 4.79 Å². The lowest BCUT2D eigenvalue weighted by Gasteiger charge is -2.34. The summed E-state index contributed by atoms with van der Waals surface area (Å²) in [5, 5.41) is 8.41. The summed E-state index contributed by atoms with van der Waals surface area (Å²) < 4.78 is 34.5. The number of sulfonamides is 1. The Bertz CT molecular complexity index is 880. The molecule has 1 atom stereocenters. The van der Waals surface area contributed by atoms with E-state index in [1.807, 2.05) is 16.5 Å². The fraction of sp³-hybridized carbons (Fsp3) is 0.857. The topological polar surface area (TPSA) is 106 Å². The van der Waals surface area contributed by atoms with E-state index in [9.17, 15) is 13.2 Å². The Morgan fingerprint density at radius 2 is 2.06 bits per heavy atom. The van der Waals surface area contributed by atoms with Crippen molar-refractivity contribution in [3.05, 3.63) is 11.4 Å². The molecule has 0 radical (unpaired) electrons. The summed E-state index contributed by atoms with van der Waals surface area (Å²) in [6.07, 6.45) is 9.50. The number of hydrogen-bond donors (Lipinski definition) is 1. The molecule has 31 heavy (non-hydrogen) atoms. The van der Waals surface area contributed by atoms with E-state index >= 15 is 0 Å². The second kappa shape index (κ2) is 9.54. The van der Waals surface area contributed by atoms with Crippen LogP contribution in [-0.2, 0) is 39.3 Å². The van der Waals surface area contributed by atoms with Gasteiger partial charge in [-0.05, 0) is 25.2 Å². The molecule has 174 valence electrons. The fourth-order valence-corrected chi connectivity index (χ4v) is 6.15. The van der Waals surface area contributed by atoms with Gasteiger partial charge >= 0.3 is 0 Å². The highest BCUT2D eigenvalue weighted by atomic mass is 32.2. The highest BCUT2D eigenvalue weighted by molar-refractivity contribution is 7.89. The summed E-state index contributed by atoms with van der Waals surface area (Å²) in [5.74, 6) is 1.05. The van der Waals surface area contributed by atoms with Crippen LogP contribution in [0.5, 0.6) is 0 Å². The molecule has 1 aliphatic carbocycles. The molecule has 1 amide bonds. The molecule has 2 fully saturated rings. The van der Waals surface area contributed by atoms with Gasteiger partial charge in [-0.1, -0.05) is 44.2 Å². The predicted octanol–water partition coefficient (Wildman–Crippen LogP) is 1.97. The lowest BCUT2D eigenvalue weighted by atomic mass is 9.86. The van der Waals surface area contributed by atoms with Crippen LogP contribution in [0.15, 0.2) is 0 Å². The van der Waals surface area contributed by atoms with Gasteiger partial charge < -0.3 is 9.64 Å². The van der Waals surface area contributed by atoms with Crippen LogP contribution in [0, 0.1) is 5.92 Å². The lowest BCUT2D eigenvalue weighted by molar-refractivity contribution is -0.133. The number of rotatable bonds is 8. The molecule has 1 saturated heterocycles. The molecule has 0 aromatic carbocycles. The summed E-state index contributed by atoms with van der Waals surface area (Å²) in [4.78, 5) is 14.7. The maximum absolute atomic E-state index is 12.8. The van der Waals surface area contributed by atoms with E-state index in [0.29, 0.717) is 44.1 Å². The number of nitrogens with zero attached hydrogens (tertiary/aromatic N) is 4. The molecule has 3 heterocycles. The lowest BCUT2D eigenvalue weighted by Crippen LogP contribution is -2.45. The number of amides is 1. The molecule has 9 nitrogen and oxygen atoms in total.